The monoisotopic (exact) mass is 252 g/mol. The highest BCUT2D eigenvalue weighted by molar-refractivity contribution is 5.89. The highest BCUT2D eigenvalue weighted by Crippen LogP contribution is 2.20. The SMILES string of the molecule is CC(C)C(=O)NC1CCN(CC(F)(F)F)C1=O. The average Bonchev–Trinajstić information content (AvgIpc) is 2.47. The molecule has 1 rings (SSSR count). The number of carbonyl (C=O) groups excluding carboxylic acids is 2. The smallest absolute Gasteiger partial charge is 0.344 e. The maximum atomic E-state index is 12.1. The lowest BCUT2D eigenvalue weighted by atomic mass is 10.2. The third-order valence-electron chi connectivity index (χ3n) is 2.51. The fourth-order valence-corrected chi connectivity index (χ4v) is 1.58. The molecule has 1 fully saturated rings. The van der Waals surface area contributed by atoms with Crippen LogP contribution in [-0.4, -0.2) is 42.0 Å². The van der Waals surface area contributed by atoms with Gasteiger partial charge in [-0.25, -0.2) is 0 Å². The third kappa shape index (κ3) is 3.90. The minimum atomic E-state index is -4.40. The first-order valence-electron chi connectivity index (χ1n) is 5.36. The zero-order valence-corrected chi connectivity index (χ0v) is 9.67. The lowest BCUT2D eigenvalue weighted by Crippen LogP contribution is -2.44. The van der Waals surface area contributed by atoms with Gasteiger partial charge < -0.3 is 10.2 Å². The van der Waals surface area contributed by atoms with Gasteiger partial charge in [-0.05, 0) is 6.42 Å². The number of amides is 2. The zero-order chi connectivity index (χ0) is 13.2. The fraction of sp³-hybridized carbons (Fsp3) is 0.800. The van der Waals surface area contributed by atoms with Gasteiger partial charge in [-0.3, -0.25) is 9.59 Å². The molecule has 1 N–H and O–H groups in total. The molecule has 2 amide bonds. The molecule has 17 heavy (non-hydrogen) atoms. The first-order chi connectivity index (χ1) is 7.70. The average molecular weight is 252 g/mol. The van der Waals surface area contributed by atoms with Gasteiger partial charge in [-0.15, -0.1) is 0 Å². The number of nitrogens with one attached hydrogen (secondary N) is 1. The molecule has 0 aliphatic carbocycles. The Labute approximate surface area is 97.1 Å². The second-order valence-corrected chi connectivity index (χ2v) is 4.38. The summed E-state index contributed by atoms with van der Waals surface area (Å²) < 4.78 is 36.4. The van der Waals surface area contributed by atoms with E-state index in [1.165, 1.54) is 0 Å². The highest BCUT2D eigenvalue weighted by atomic mass is 19.4. The summed E-state index contributed by atoms with van der Waals surface area (Å²) in [6, 6.07) is -0.813. The lowest BCUT2D eigenvalue weighted by molar-refractivity contribution is -0.158. The summed E-state index contributed by atoms with van der Waals surface area (Å²) >= 11 is 0. The van der Waals surface area contributed by atoms with Gasteiger partial charge in [0.05, 0.1) is 0 Å². The number of hydrogen-bond acceptors (Lipinski definition) is 2. The van der Waals surface area contributed by atoms with Gasteiger partial charge in [-0.1, -0.05) is 13.8 Å². The van der Waals surface area contributed by atoms with Crippen LogP contribution in [0.25, 0.3) is 0 Å². The van der Waals surface area contributed by atoms with Crippen molar-refractivity contribution in [3.05, 3.63) is 0 Å². The van der Waals surface area contributed by atoms with Crippen molar-refractivity contribution in [3.8, 4) is 0 Å². The van der Waals surface area contributed by atoms with E-state index in [9.17, 15) is 22.8 Å². The second kappa shape index (κ2) is 4.93. The Kier molecular flexibility index (Phi) is 4.00. The predicted molar refractivity (Wildman–Crippen MR) is 54.0 cm³/mol. The van der Waals surface area contributed by atoms with Crippen LogP contribution in [0.4, 0.5) is 13.2 Å². The molecule has 1 aliphatic heterocycles. The van der Waals surface area contributed by atoms with Crippen molar-refractivity contribution in [2.75, 3.05) is 13.1 Å². The van der Waals surface area contributed by atoms with Gasteiger partial charge in [0.2, 0.25) is 11.8 Å². The van der Waals surface area contributed by atoms with Gasteiger partial charge in [0.1, 0.15) is 12.6 Å². The highest BCUT2D eigenvalue weighted by Gasteiger charge is 2.39. The van der Waals surface area contributed by atoms with Crippen molar-refractivity contribution in [2.45, 2.75) is 32.5 Å². The summed E-state index contributed by atoms with van der Waals surface area (Å²) in [6.07, 6.45) is -4.17. The number of alkyl halides is 3. The van der Waals surface area contributed by atoms with Gasteiger partial charge >= 0.3 is 6.18 Å². The molecule has 1 unspecified atom stereocenters. The van der Waals surface area contributed by atoms with Crippen LogP contribution in [0, 0.1) is 5.92 Å². The Balaban J connectivity index is 2.53. The Morgan fingerprint density at radius 2 is 2.12 bits per heavy atom. The molecule has 1 saturated heterocycles. The molecule has 0 aromatic heterocycles. The van der Waals surface area contributed by atoms with Crippen molar-refractivity contribution in [2.24, 2.45) is 5.92 Å². The van der Waals surface area contributed by atoms with Crippen molar-refractivity contribution >= 4 is 11.8 Å². The van der Waals surface area contributed by atoms with E-state index in [0.29, 0.717) is 0 Å². The quantitative estimate of drug-likeness (QED) is 0.812. The molecule has 4 nitrogen and oxygen atoms in total. The van der Waals surface area contributed by atoms with Crippen LogP contribution in [0.5, 0.6) is 0 Å². The topological polar surface area (TPSA) is 49.4 Å². The first-order valence-corrected chi connectivity index (χ1v) is 5.36. The molecule has 7 heteroatoms. The summed E-state index contributed by atoms with van der Waals surface area (Å²) in [6.45, 7) is 2.09. The Hall–Kier alpha value is -1.27. The molecule has 1 atom stereocenters. The van der Waals surface area contributed by atoms with Crippen LogP contribution in [-0.2, 0) is 9.59 Å². The summed E-state index contributed by atoms with van der Waals surface area (Å²) in [7, 11) is 0. The summed E-state index contributed by atoms with van der Waals surface area (Å²) in [5.74, 6) is -1.27. The van der Waals surface area contributed by atoms with E-state index in [0.717, 1.165) is 4.90 Å². The van der Waals surface area contributed by atoms with Gasteiger partial charge in [0, 0.05) is 12.5 Å². The van der Waals surface area contributed by atoms with E-state index < -0.39 is 24.7 Å². The van der Waals surface area contributed by atoms with Crippen LogP contribution in [0.2, 0.25) is 0 Å². The standard InChI is InChI=1S/C10H15F3N2O2/c1-6(2)8(16)14-7-3-4-15(9(7)17)5-10(11,12)13/h6-7H,3-5H2,1-2H3,(H,14,16). The van der Waals surface area contributed by atoms with Crippen LogP contribution in [0.3, 0.4) is 0 Å². The van der Waals surface area contributed by atoms with E-state index in [1.54, 1.807) is 13.8 Å². The first kappa shape index (κ1) is 13.8. The molecule has 0 saturated carbocycles. The normalized spacial score (nSPS) is 21.2. The van der Waals surface area contributed by atoms with Gasteiger partial charge in [0.25, 0.3) is 0 Å². The minimum Gasteiger partial charge on any atom is -0.344 e. The Bertz CT molecular complexity index is 315. The molecular formula is C10H15F3N2O2. The van der Waals surface area contributed by atoms with E-state index in [2.05, 4.69) is 5.32 Å². The molecule has 0 spiro atoms. The van der Waals surface area contributed by atoms with Crippen molar-refractivity contribution in [3.63, 3.8) is 0 Å². The number of likely N-dealkylation sites (tertiary alicyclic amines) is 1. The molecule has 0 radical (unpaired) electrons. The van der Waals surface area contributed by atoms with Crippen LogP contribution in [0.15, 0.2) is 0 Å². The Morgan fingerprint density at radius 3 is 2.59 bits per heavy atom. The molecular weight excluding hydrogens is 237 g/mol. The van der Waals surface area contributed by atoms with E-state index >= 15 is 0 Å². The predicted octanol–water partition coefficient (Wildman–Crippen LogP) is 0.922. The molecule has 0 bridgehead atoms. The van der Waals surface area contributed by atoms with E-state index in [1.807, 2.05) is 0 Å². The van der Waals surface area contributed by atoms with Gasteiger partial charge in [-0.2, -0.15) is 13.2 Å². The van der Waals surface area contributed by atoms with Gasteiger partial charge in [0.15, 0.2) is 0 Å². The number of rotatable bonds is 3. The van der Waals surface area contributed by atoms with Crippen LogP contribution >= 0.6 is 0 Å². The maximum absolute atomic E-state index is 12.1. The molecule has 98 valence electrons. The summed E-state index contributed by atoms with van der Waals surface area (Å²) in [4.78, 5) is 23.6. The molecule has 0 aromatic rings. The maximum Gasteiger partial charge on any atom is 0.406 e. The van der Waals surface area contributed by atoms with Crippen molar-refractivity contribution in [1.82, 2.24) is 10.2 Å². The molecule has 1 aliphatic rings. The number of carbonyl (C=O) groups is 2. The Morgan fingerprint density at radius 1 is 1.53 bits per heavy atom. The molecule has 0 aromatic carbocycles. The zero-order valence-electron chi connectivity index (χ0n) is 9.67. The van der Waals surface area contributed by atoms with E-state index in [4.69, 9.17) is 0 Å². The van der Waals surface area contributed by atoms with E-state index in [-0.39, 0.29) is 24.8 Å². The largest absolute Gasteiger partial charge is 0.406 e. The number of halogens is 3. The minimum absolute atomic E-state index is 0.0292. The van der Waals surface area contributed by atoms with Crippen LogP contribution < -0.4 is 5.32 Å². The number of hydrogen-bond donors (Lipinski definition) is 1. The van der Waals surface area contributed by atoms with Crippen molar-refractivity contribution < 1.29 is 22.8 Å². The lowest BCUT2D eigenvalue weighted by Gasteiger charge is -2.19. The third-order valence-corrected chi connectivity index (χ3v) is 2.51. The second-order valence-electron chi connectivity index (χ2n) is 4.38. The van der Waals surface area contributed by atoms with Crippen molar-refractivity contribution in [1.29, 1.82) is 0 Å². The summed E-state index contributed by atoms with van der Waals surface area (Å²) in [5, 5.41) is 2.45. The van der Waals surface area contributed by atoms with Crippen LogP contribution in [0.1, 0.15) is 20.3 Å². The number of nitrogens with zero attached hydrogens (tertiary/aromatic N) is 1. The summed E-state index contributed by atoms with van der Waals surface area (Å²) in [5.41, 5.74) is 0. The fourth-order valence-electron chi connectivity index (χ4n) is 1.58. The molecule has 1 heterocycles.